The number of para-hydroxylation sites is 5. The Hall–Kier alpha value is -6.26. The molecule has 0 bridgehead atoms. The van der Waals surface area contributed by atoms with E-state index < -0.39 is 0 Å². The molecule has 0 aliphatic rings. The van der Waals surface area contributed by atoms with Gasteiger partial charge in [0, 0.05) is 48.8 Å². The maximum atomic E-state index is 6.97. The van der Waals surface area contributed by atoms with Gasteiger partial charge in [-0.05, 0) is 54.6 Å². The van der Waals surface area contributed by atoms with Gasteiger partial charge in [0.2, 0.25) is 0 Å². The summed E-state index contributed by atoms with van der Waals surface area (Å²) in [4.78, 5) is 0. The maximum absolute atomic E-state index is 6.97. The van der Waals surface area contributed by atoms with Crippen molar-refractivity contribution in [1.82, 2.24) is 9.13 Å². The number of fused-ring (bicyclic) bond motifs is 13. The van der Waals surface area contributed by atoms with Crippen molar-refractivity contribution < 1.29 is 8.83 Å². The van der Waals surface area contributed by atoms with Gasteiger partial charge in [-0.1, -0.05) is 91.0 Å². The van der Waals surface area contributed by atoms with Crippen molar-refractivity contribution in [2.75, 3.05) is 0 Å². The predicted octanol–water partition coefficient (Wildman–Crippen LogP) is 11.7. The molecular weight excluding hydrogens is 564 g/mol. The first-order valence-corrected chi connectivity index (χ1v) is 15.6. The number of hydrogen-bond donors (Lipinski definition) is 0. The van der Waals surface area contributed by atoms with Crippen LogP contribution in [0.2, 0.25) is 0 Å². The molecular formula is C42H24N2O2. The zero-order valence-electron chi connectivity index (χ0n) is 24.6. The molecule has 0 aliphatic carbocycles. The third-order valence-electron chi connectivity index (χ3n) is 9.71. The van der Waals surface area contributed by atoms with Gasteiger partial charge >= 0.3 is 0 Å². The van der Waals surface area contributed by atoms with Gasteiger partial charge in [0.25, 0.3) is 0 Å². The maximum Gasteiger partial charge on any atom is 0.178 e. The lowest BCUT2D eigenvalue weighted by Gasteiger charge is -2.14. The highest BCUT2D eigenvalue weighted by atomic mass is 16.4. The van der Waals surface area contributed by atoms with E-state index in [4.69, 9.17) is 8.83 Å². The minimum Gasteiger partial charge on any atom is -0.452 e. The highest BCUT2D eigenvalue weighted by Gasteiger charge is 2.23. The quantitative estimate of drug-likeness (QED) is 0.201. The molecule has 11 rings (SSSR count). The molecule has 0 aliphatic heterocycles. The fraction of sp³-hybridized carbons (Fsp3) is 0. The number of aromatic nitrogens is 2. The second kappa shape index (κ2) is 8.68. The summed E-state index contributed by atoms with van der Waals surface area (Å²) in [5, 5.41) is 9.13. The van der Waals surface area contributed by atoms with Crippen molar-refractivity contribution in [2.45, 2.75) is 0 Å². The Morgan fingerprint density at radius 3 is 1.37 bits per heavy atom. The molecule has 0 N–H and O–H groups in total. The summed E-state index contributed by atoms with van der Waals surface area (Å²) >= 11 is 0. The summed E-state index contributed by atoms with van der Waals surface area (Å²) in [5.41, 5.74) is 9.93. The van der Waals surface area contributed by atoms with Gasteiger partial charge < -0.3 is 18.0 Å². The Labute approximate surface area is 261 Å². The number of rotatable bonds is 2. The summed E-state index contributed by atoms with van der Waals surface area (Å²) in [7, 11) is 0. The number of benzene rings is 7. The minimum atomic E-state index is 0.769. The zero-order chi connectivity index (χ0) is 29.9. The summed E-state index contributed by atoms with van der Waals surface area (Å²) in [6.07, 6.45) is 0. The van der Waals surface area contributed by atoms with Crippen LogP contribution in [0.1, 0.15) is 0 Å². The van der Waals surface area contributed by atoms with Gasteiger partial charge in [0.05, 0.1) is 27.8 Å². The van der Waals surface area contributed by atoms with E-state index in [1.165, 1.54) is 32.6 Å². The van der Waals surface area contributed by atoms with Gasteiger partial charge in [-0.2, -0.15) is 0 Å². The summed E-state index contributed by atoms with van der Waals surface area (Å²) in [6.45, 7) is 0. The average Bonchev–Trinajstić information content (AvgIpc) is 3.86. The molecule has 0 atom stereocenters. The summed E-state index contributed by atoms with van der Waals surface area (Å²) in [5.74, 6) is 0. The lowest BCUT2D eigenvalue weighted by molar-refractivity contribution is 0.632. The molecule has 0 spiro atoms. The largest absolute Gasteiger partial charge is 0.452 e. The van der Waals surface area contributed by atoms with Crippen LogP contribution in [0.15, 0.2) is 154 Å². The molecule has 0 saturated carbocycles. The van der Waals surface area contributed by atoms with Gasteiger partial charge in [0.1, 0.15) is 5.58 Å². The standard InChI is InChI=1S/C42H24N2O2/c1-6-16-34-26(11-1)27-12-2-7-17-35(27)43(34)25-23-33-32-22-21-31-30-15-5-10-20-39(30)45-41(31)42(32)46-40(33)38(24-25)44-36-18-8-3-13-28(36)29-14-4-9-19-37(29)44/h1-24H. The van der Waals surface area contributed by atoms with E-state index in [-0.39, 0.29) is 0 Å². The zero-order valence-corrected chi connectivity index (χ0v) is 24.6. The topological polar surface area (TPSA) is 36.1 Å². The van der Waals surface area contributed by atoms with Gasteiger partial charge in [-0.15, -0.1) is 0 Å². The van der Waals surface area contributed by atoms with E-state index >= 15 is 0 Å². The number of hydrogen-bond acceptors (Lipinski definition) is 2. The van der Waals surface area contributed by atoms with Crippen LogP contribution in [0.5, 0.6) is 0 Å². The third-order valence-corrected chi connectivity index (χ3v) is 9.71. The Bertz CT molecular complexity index is 2930. The minimum absolute atomic E-state index is 0.769. The van der Waals surface area contributed by atoms with Crippen LogP contribution in [-0.2, 0) is 0 Å². The van der Waals surface area contributed by atoms with E-state index in [1.54, 1.807) is 0 Å². The second-order valence-electron chi connectivity index (χ2n) is 12.1. The average molecular weight is 589 g/mol. The Morgan fingerprint density at radius 2 is 0.783 bits per heavy atom. The SMILES string of the molecule is c1ccc2c(c1)oc1c2ccc2c3cc(-n4c5ccccc5c5ccccc54)cc(-n4c5ccccc5c5ccccc54)c3oc21. The fourth-order valence-electron chi connectivity index (χ4n) is 7.76. The van der Waals surface area contributed by atoms with E-state index in [1.807, 2.05) is 12.1 Å². The molecule has 4 aromatic heterocycles. The van der Waals surface area contributed by atoms with Crippen molar-refractivity contribution in [3.63, 3.8) is 0 Å². The molecule has 0 fully saturated rings. The second-order valence-corrected chi connectivity index (χ2v) is 12.1. The normalized spacial score (nSPS) is 12.3. The first kappa shape index (κ1) is 24.1. The van der Waals surface area contributed by atoms with Gasteiger partial charge in [-0.3, -0.25) is 0 Å². The van der Waals surface area contributed by atoms with Gasteiger partial charge in [-0.25, -0.2) is 0 Å². The molecule has 4 heterocycles. The lowest BCUT2D eigenvalue weighted by Crippen LogP contribution is -1.99. The molecule has 11 aromatic rings. The molecule has 7 aromatic carbocycles. The molecule has 0 amide bonds. The van der Waals surface area contributed by atoms with Crippen LogP contribution in [-0.4, -0.2) is 9.13 Å². The van der Waals surface area contributed by atoms with E-state index in [2.05, 4.69) is 143 Å². The van der Waals surface area contributed by atoms with Crippen molar-refractivity contribution in [3.8, 4) is 11.4 Å². The van der Waals surface area contributed by atoms with Crippen molar-refractivity contribution in [2.24, 2.45) is 0 Å². The van der Waals surface area contributed by atoms with Crippen molar-refractivity contribution in [1.29, 1.82) is 0 Å². The van der Waals surface area contributed by atoms with Crippen LogP contribution in [0.3, 0.4) is 0 Å². The van der Waals surface area contributed by atoms with Crippen LogP contribution in [0, 0.1) is 0 Å². The molecule has 0 radical (unpaired) electrons. The predicted molar refractivity (Wildman–Crippen MR) is 190 cm³/mol. The van der Waals surface area contributed by atoms with Crippen LogP contribution >= 0.6 is 0 Å². The molecule has 0 saturated heterocycles. The summed E-state index contributed by atoms with van der Waals surface area (Å²) in [6, 6.07) is 51.7. The van der Waals surface area contributed by atoms with Crippen molar-refractivity contribution >= 4 is 87.5 Å². The number of furan rings is 2. The van der Waals surface area contributed by atoms with Gasteiger partial charge in [0.15, 0.2) is 16.7 Å². The smallest absolute Gasteiger partial charge is 0.178 e. The fourth-order valence-corrected chi connectivity index (χ4v) is 7.76. The molecule has 214 valence electrons. The third kappa shape index (κ3) is 3.03. The molecule has 46 heavy (non-hydrogen) atoms. The lowest BCUT2D eigenvalue weighted by atomic mass is 10.1. The molecule has 4 heteroatoms. The molecule has 0 unspecified atom stereocenters. The molecule has 4 nitrogen and oxygen atoms in total. The Kier molecular flexibility index (Phi) is 4.55. The van der Waals surface area contributed by atoms with Crippen molar-refractivity contribution in [3.05, 3.63) is 146 Å². The van der Waals surface area contributed by atoms with E-state index in [9.17, 15) is 0 Å². The monoisotopic (exact) mass is 588 g/mol. The Morgan fingerprint density at radius 1 is 0.326 bits per heavy atom. The highest BCUT2D eigenvalue weighted by Crippen LogP contribution is 2.44. The highest BCUT2D eigenvalue weighted by molar-refractivity contribution is 6.21. The van der Waals surface area contributed by atoms with E-state index in [0.717, 1.165) is 66.3 Å². The number of nitrogens with zero attached hydrogens (tertiary/aromatic N) is 2. The summed E-state index contributed by atoms with van der Waals surface area (Å²) < 4.78 is 18.2. The van der Waals surface area contributed by atoms with Crippen LogP contribution in [0.25, 0.3) is 98.9 Å². The Balaban J connectivity index is 1.35. The first-order chi connectivity index (χ1) is 22.8. The van der Waals surface area contributed by atoms with E-state index in [0.29, 0.717) is 0 Å². The first-order valence-electron chi connectivity index (χ1n) is 15.6. The van der Waals surface area contributed by atoms with Crippen LogP contribution < -0.4 is 0 Å². The van der Waals surface area contributed by atoms with Crippen LogP contribution in [0.4, 0.5) is 0 Å².